The molecule has 3 aromatic rings. The molecule has 186 valence electrons. The number of carboxylic acids is 1. The van der Waals surface area contributed by atoms with Crippen molar-refractivity contribution >= 4 is 23.0 Å². The number of halogens is 3. The Bertz CT molecular complexity index is 1300. The number of aryl methyl sites for hydroxylation is 1. The molecule has 2 N–H and O–H groups in total. The van der Waals surface area contributed by atoms with Gasteiger partial charge in [0.1, 0.15) is 11.3 Å². The maximum atomic E-state index is 12.8. The van der Waals surface area contributed by atoms with E-state index in [2.05, 4.69) is 32.0 Å². The molecule has 1 aliphatic rings. The number of alkyl halides is 3. The lowest BCUT2D eigenvalue weighted by Crippen LogP contribution is -2.44. The van der Waals surface area contributed by atoms with Crippen molar-refractivity contribution in [1.29, 1.82) is 0 Å². The highest BCUT2D eigenvalue weighted by molar-refractivity contribution is 5.85. The number of imidazole rings is 1. The monoisotopic (exact) mass is 492 g/mol. The van der Waals surface area contributed by atoms with Crippen LogP contribution < -0.4 is 20.6 Å². The standard InChI is InChI=1S/C20H22N6O2.C2HF3O2/c1-3-4-12-26-16-17(24(2)20(26)27)22-19(28-15-8-6-5-7-9-15)23-18(16)25-13-10-21-11-14-25;3-2(4,5)1(6)7/h5-9,21H,10-14H2,1-2H3;(H,6,7). The number of hydrogen-bond donors (Lipinski definition) is 2. The average Bonchev–Trinajstić information content (AvgIpc) is 3.08. The van der Waals surface area contributed by atoms with Gasteiger partial charge in [-0.3, -0.25) is 9.13 Å². The number of hydrogen-bond acceptors (Lipinski definition) is 7. The van der Waals surface area contributed by atoms with Gasteiger partial charge >= 0.3 is 23.8 Å². The molecule has 1 fully saturated rings. The Balaban J connectivity index is 0.000000429. The summed E-state index contributed by atoms with van der Waals surface area (Å²) >= 11 is 0. The number of fused-ring (bicyclic) bond motifs is 1. The summed E-state index contributed by atoms with van der Waals surface area (Å²) in [5.41, 5.74) is 1.07. The Kier molecular flexibility index (Phi) is 7.98. The highest BCUT2D eigenvalue weighted by Gasteiger charge is 2.38. The largest absolute Gasteiger partial charge is 0.490 e. The van der Waals surface area contributed by atoms with Crippen LogP contribution in [-0.2, 0) is 18.4 Å². The Morgan fingerprint density at radius 3 is 2.40 bits per heavy atom. The summed E-state index contributed by atoms with van der Waals surface area (Å²) < 4.78 is 40.8. The van der Waals surface area contributed by atoms with Crippen molar-refractivity contribution < 1.29 is 27.8 Å². The van der Waals surface area contributed by atoms with E-state index in [0.29, 0.717) is 29.3 Å². The van der Waals surface area contributed by atoms with Crippen LogP contribution in [0.4, 0.5) is 19.0 Å². The summed E-state index contributed by atoms with van der Waals surface area (Å²) in [7, 11) is 1.71. The number of aliphatic carboxylic acids is 1. The number of benzene rings is 1. The normalized spacial score (nSPS) is 13.5. The second-order valence-electron chi connectivity index (χ2n) is 7.31. The Labute approximate surface area is 198 Å². The van der Waals surface area contributed by atoms with E-state index in [-0.39, 0.29) is 11.7 Å². The van der Waals surface area contributed by atoms with Gasteiger partial charge in [-0.2, -0.15) is 23.1 Å². The molecule has 0 radical (unpaired) electrons. The molecule has 1 aliphatic heterocycles. The van der Waals surface area contributed by atoms with Crippen molar-refractivity contribution in [2.24, 2.45) is 7.05 Å². The topological polar surface area (TPSA) is 115 Å². The second-order valence-corrected chi connectivity index (χ2v) is 7.31. The first-order valence-corrected chi connectivity index (χ1v) is 10.5. The SMILES string of the molecule is CC#CCn1c(=O)n(C)c2nc(Oc3ccccc3)nc(N3CCNCC3)c21.O=C(O)C(F)(F)F. The van der Waals surface area contributed by atoms with Crippen molar-refractivity contribution in [1.82, 2.24) is 24.4 Å². The number of aromatic nitrogens is 4. The molecule has 0 spiro atoms. The predicted octanol–water partition coefficient (Wildman–Crippen LogP) is 1.99. The van der Waals surface area contributed by atoms with Crippen LogP contribution in [0.15, 0.2) is 35.1 Å². The lowest BCUT2D eigenvalue weighted by Gasteiger charge is -2.29. The fourth-order valence-electron chi connectivity index (χ4n) is 3.30. The molecule has 0 bridgehead atoms. The minimum Gasteiger partial charge on any atom is -0.475 e. The minimum atomic E-state index is -5.08. The number of rotatable bonds is 4. The van der Waals surface area contributed by atoms with E-state index in [0.717, 1.165) is 26.2 Å². The van der Waals surface area contributed by atoms with Gasteiger partial charge in [-0.15, -0.1) is 5.92 Å². The first-order valence-electron chi connectivity index (χ1n) is 10.5. The molecule has 1 saturated heterocycles. The molecule has 2 aromatic heterocycles. The Morgan fingerprint density at radius 1 is 1.20 bits per heavy atom. The molecule has 0 atom stereocenters. The molecular weight excluding hydrogens is 469 g/mol. The van der Waals surface area contributed by atoms with Crippen molar-refractivity contribution in [3.05, 3.63) is 40.8 Å². The molecule has 0 aliphatic carbocycles. The van der Waals surface area contributed by atoms with Crippen molar-refractivity contribution in [2.45, 2.75) is 19.6 Å². The van der Waals surface area contributed by atoms with Crippen LogP contribution in [0, 0.1) is 11.8 Å². The van der Waals surface area contributed by atoms with Gasteiger partial charge < -0.3 is 20.1 Å². The number of carboxylic acid groups (broad SMARTS) is 1. The van der Waals surface area contributed by atoms with Crippen LogP contribution in [-0.4, -0.2) is 62.5 Å². The summed E-state index contributed by atoms with van der Waals surface area (Å²) in [5.74, 6) is 4.42. The van der Waals surface area contributed by atoms with E-state index in [1.165, 1.54) is 4.57 Å². The van der Waals surface area contributed by atoms with E-state index in [9.17, 15) is 18.0 Å². The van der Waals surface area contributed by atoms with Gasteiger partial charge in [0, 0.05) is 33.2 Å². The number of para-hydroxylation sites is 1. The fourth-order valence-corrected chi connectivity index (χ4v) is 3.30. The van der Waals surface area contributed by atoms with Crippen molar-refractivity contribution in [3.8, 4) is 23.6 Å². The predicted molar refractivity (Wildman–Crippen MR) is 122 cm³/mol. The Morgan fingerprint density at radius 2 is 1.83 bits per heavy atom. The summed E-state index contributed by atoms with van der Waals surface area (Å²) in [4.78, 5) is 33.1. The minimum absolute atomic E-state index is 0.166. The zero-order chi connectivity index (χ0) is 25.6. The molecule has 0 amide bonds. The zero-order valence-corrected chi connectivity index (χ0v) is 19.0. The lowest BCUT2D eigenvalue weighted by molar-refractivity contribution is -0.192. The maximum Gasteiger partial charge on any atom is 0.490 e. The number of nitrogens with one attached hydrogen (secondary N) is 1. The molecule has 3 heterocycles. The van der Waals surface area contributed by atoms with E-state index in [4.69, 9.17) is 14.6 Å². The maximum absolute atomic E-state index is 12.8. The van der Waals surface area contributed by atoms with E-state index < -0.39 is 12.1 Å². The highest BCUT2D eigenvalue weighted by atomic mass is 19.4. The molecule has 10 nitrogen and oxygen atoms in total. The van der Waals surface area contributed by atoms with Crippen LogP contribution in [0.5, 0.6) is 11.8 Å². The fraction of sp³-hybridized carbons (Fsp3) is 0.364. The number of carbonyl (C=O) groups is 1. The number of piperazine rings is 1. The van der Waals surface area contributed by atoms with Gasteiger partial charge in [0.15, 0.2) is 11.5 Å². The molecule has 0 unspecified atom stereocenters. The summed E-state index contributed by atoms with van der Waals surface area (Å²) in [6.07, 6.45) is -5.08. The van der Waals surface area contributed by atoms with E-state index >= 15 is 0 Å². The van der Waals surface area contributed by atoms with Crippen LogP contribution in [0.1, 0.15) is 6.92 Å². The first-order chi connectivity index (χ1) is 16.6. The zero-order valence-electron chi connectivity index (χ0n) is 19.0. The van der Waals surface area contributed by atoms with Gasteiger partial charge in [0.05, 0.1) is 6.54 Å². The summed E-state index contributed by atoms with van der Waals surface area (Å²) in [6.45, 7) is 5.35. The van der Waals surface area contributed by atoms with E-state index in [1.54, 1.807) is 18.5 Å². The molecule has 4 rings (SSSR count). The van der Waals surface area contributed by atoms with Crippen LogP contribution >= 0.6 is 0 Å². The molecule has 35 heavy (non-hydrogen) atoms. The third-order valence-corrected chi connectivity index (χ3v) is 4.96. The lowest BCUT2D eigenvalue weighted by atomic mass is 10.3. The first kappa shape index (κ1) is 25.6. The second kappa shape index (κ2) is 10.9. The van der Waals surface area contributed by atoms with Gasteiger partial charge in [0.25, 0.3) is 0 Å². The number of ether oxygens (including phenoxy) is 1. The highest BCUT2D eigenvalue weighted by Crippen LogP contribution is 2.28. The van der Waals surface area contributed by atoms with Crippen molar-refractivity contribution in [3.63, 3.8) is 0 Å². The summed E-state index contributed by atoms with van der Waals surface area (Å²) in [6, 6.07) is 9.61. The molecular formula is C22H23F3N6O4. The van der Waals surface area contributed by atoms with Gasteiger partial charge in [-0.25, -0.2) is 9.59 Å². The van der Waals surface area contributed by atoms with Crippen LogP contribution in [0.2, 0.25) is 0 Å². The van der Waals surface area contributed by atoms with Gasteiger partial charge in [-0.05, 0) is 19.1 Å². The number of nitrogens with zero attached hydrogens (tertiary/aromatic N) is 5. The third kappa shape index (κ3) is 6.10. The van der Waals surface area contributed by atoms with E-state index in [1.807, 2.05) is 30.3 Å². The van der Waals surface area contributed by atoms with Crippen molar-refractivity contribution in [2.75, 3.05) is 31.1 Å². The summed E-state index contributed by atoms with van der Waals surface area (Å²) in [5, 5.41) is 10.5. The van der Waals surface area contributed by atoms with Gasteiger partial charge in [0.2, 0.25) is 0 Å². The molecule has 13 heteroatoms. The van der Waals surface area contributed by atoms with Gasteiger partial charge in [-0.1, -0.05) is 24.1 Å². The van der Waals surface area contributed by atoms with Crippen LogP contribution in [0.3, 0.4) is 0 Å². The quantitative estimate of drug-likeness (QED) is 0.532. The van der Waals surface area contributed by atoms with Crippen LogP contribution in [0.25, 0.3) is 11.2 Å². The average molecular weight is 492 g/mol. The molecule has 1 aromatic carbocycles. The third-order valence-electron chi connectivity index (χ3n) is 4.96. The molecule has 0 saturated carbocycles. The smallest absolute Gasteiger partial charge is 0.475 e. The number of anilines is 1. The Hall–Kier alpha value is -4.05.